The molecule has 27 heavy (non-hydrogen) atoms. The average molecular weight is 424 g/mol. The predicted octanol–water partition coefficient (Wildman–Crippen LogP) is 3.52. The second-order valence-corrected chi connectivity index (χ2v) is 9.04. The number of rotatable bonds is 9. The van der Waals surface area contributed by atoms with Gasteiger partial charge in [-0.2, -0.15) is 0 Å². The van der Waals surface area contributed by atoms with Crippen LogP contribution in [0, 0.1) is 0 Å². The molecule has 3 rings (SSSR count). The number of ether oxygens (including phenoxy) is 1. The molecule has 2 heterocycles. The quantitative estimate of drug-likeness (QED) is 0.417. The van der Waals surface area contributed by atoms with Crippen molar-refractivity contribution >= 4 is 55.7 Å². The molecule has 0 saturated carbocycles. The second kappa shape index (κ2) is 9.45. The maximum Gasteiger partial charge on any atom is 0.233 e. The fourth-order valence-corrected chi connectivity index (χ4v) is 5.04. The van der Waals surface area contributed by atoms with Crippen molar-refractivity contribution in [2.45, 2.75) is 17.3 Å². The van der Waals surface area contributed by atoms with E-state index >= 15 is 0 Å². The minimum absolute atomic E-state index is 0.0378. The molecule has 3 aromatic rings. The number of benzene rings is 1. The van der Waals surface area contributed by atoms with Gasteiger partial charge >= 0.3 is 0 Å². The molecule has 0 fully saturated rings. The Bertz CT molecular complexity index is 864. The van der Waals surface area contributed by atoms with Crippen LogP contribution in [-0.4, -0.2) is 59.1 Å². The number of carbonyl (C=O) groups excluding carboxylic acids is 1. The lowest BCUT2D eigenvalue weighted by molar-refractivity contribution is -0.128. The van der Waals surface area contributed by atoms with E-state index in [-0.39, 0.29) is 11.9 Å². The smallest absolute Gasteiger partial charge is 0.233 e. The van der Waals surface area contributed by atoms with Gasteiger partial charge in [0.05, 0.1) is 28.6 Å². The van der Waals surface area contributed by atoms with E-state index < -0.39 is 0 Å². The standard InChI is InChI=1S/C17H21N5O2S3/c1-11(15-19-12-6-4-5-7-13(12)26-15)22(2)14(23)10-25-17-21-20-16(27-17)18-8-9-24-3/h4-7,11H,8-10H2,1-3H3,(H,18,20)/t11-/m0/s1. The van der Waals surface area contributed by atoms with Crippen LogP contribution in [0.4, 0.5) is 5.13 Å². The minimum atomic E-state index is -0.0730. The third-order valence-electron chi connectivity index (χ3n) is 3.95. The molecule has 0 spiro atoms. The number of nitrogens with one attached hydrogen (secondary N) is 1. The van der Waals surface area contributed by atoms with Crippen molar-refractivity contribution in [1.29, 1.82) is 0 Å². The lowest BCUT2D eigenvalue weighted by Crippen LogP contribution is -2.31. The monoisotopic (exact) mass is 423 g/mol. The summed E-state index contributed by atoms with van der Waals surface area (Å²) in [5.74, 6) is 0.356. The first-order valence-electron chi connectivity index (χ1n) is 8.38. The number of aromatic nitrogens is 3. The molecule has 1 N–H and O–H groups in total. The van der Waals surface area contributed by atoms with Gasteiger partial charge in [0.15, 0.2) is 4.34 Å². The lowest BCUT2D eigenvalue weighted by atomic mass is 10.3. The highest BCUT2D eigenvalue weighted by atomic mass is 32.2. The Morgan fingerprint density at radius 1 is 1.33 bits per heavy atom. The first-order chi connectivity index (χ1) is 13.1. The van der Waals surface area contributed by atoms with Crippen LogP contribution in [0.2, 0.25) is 0 Å². The van der Waals surface area contributed by atoms with Gasteiger partial charge in [0.25, 0.3) is 0 Å². The number of thiazole rings is 1. The summed E-state index contributed by atoms with van der Waals surface area (Å²) in [6.07, 6.45) is 0. The minimum Gasteiger partial charge on any atom is -0.383 e. The van der Waals surface area contributed by atoms with Crippen molar-refractivity contribution in [3.05, 3.63) is 29.3 Å². The SMILES string of the molecule is COCCNc1nnc(SCC(=O)N(C)[C@@H](C)c2nc3ccccc3s2)s1. The fourth-order valence-electron chi connectivity index (χ4n) is 2.28. The Morgan fingerprint density at radius 3 is 2.93 bits per heavy atom. The molecule has 0 saturated heterocycles. The third kappa shape index (κ3) is 5.16. The fraction of sp³-hybridized carbons (Fsp3) is 0.412. The number of methoxy groups -OCH3 is 1. The maximum absolute atomic E-state index is 12.6. The second-order valence-electron chi connectivity index (χ2n) is 5.78. The first kappa shape index (κ1) is 20.0. The van der Waals surface area contributed by atoms with E-state index in [1.165, 1.54) is 23.1 Å². The third-order valence-corrected chi connectivity index (χ3v) is 7.16. The van der Waals surface area contributed by atoms with E-state index in [0.717, 1.165) is 24.7 Å². The van der Waals surface area contributed by atoms with Gasteiger partial charge in [0, 0.05) is 20.7 Å². The number of carbonyl (C=O) groups is 1. The van der Waals surface area contributed by atoms with Gasteiger partial charge in [-0.15, -0.1) is 21.5 Å². The zero-order chi connectivity index (χ0) is 19.2. The van der Waals surface area contributed by atoms with E-state index in [1.807, 2.05) is 32.2 Å². The Balaban J connectivity index is 1.54. The summed E-state index contributed by atoms with van der Waals surface area (Å²) < 4.78 is 6.89. The van der Waals surface area contributed by atoms with Gasteiger partial charge in [-0.05, 0) is 19.1 Å². The molecule has 0 aliphatic heterocycles. The van der Waals surface area contributed by atoms with Crippen LogP contribution in [0.1, 0.15) is 18.0 Å². The summed E-state index contributed by atoms with van der Waals surface area (Å²) in [6, 6.07) is 7.95. The van der Waals surface area contributed by atoms with Crippen LogP contribution < -0.4 is 5.32 Å². The Labute approximate surface area is 170 Å². The summed E-state index contributed by atoms with van der Waals surface area (Å²) in [5.41, 5.74) is 0.974. The zero-order valence-electron chi connectivity index (χ0n) is 15.3. The molecule has 0 unspecified atom stereocenters. The van der Waals surface area contributed by atoms with Gasteiger partial charge in [0.1, 0.15) is 5.01 Å². The molecule has 144 valence electrons. The van der Waals surface area contributed by atoms with Crippen molar-refractivity contribution in [2.24, 2.45) is 0 Å². The van der Waals surface area contributed by atoms with Crippen LogP contribution in [0.3, 0.4) is 0 Å². The van der Waals surface area contributed by atoms with E-state index in [0.29, 0.717) is 18.9 Å². The van der Waals surface area contributed by atoms with Crippen LogP contribution in [0.25, 0.3) is 10.2 Å². The molecule has 0 radical (unpaired) electrons. The van der Waals surface area contributed by atoms with E-state index in [4.69, 9.17) is 4.74 Å². The number of hydrogen-bond acceptors (Lipinski definition) is 9. The summed E-state index contributed by atoms with van der Waals surface area (Å²) in [7, 11) is 3.47. The molecule has 10 heteroatoms. The number of anilines is 1. The Kier molecular flexibility index (Phi) is 7.00. The summed E-state index contributed by atoms with van der Waals surface area (Å²) >= 11 is 4.47. The largest absolute Gasteiger partial charge is 0.383 e. The van der Waals surface area contributed by atoms with Crippen molar-refractivity contribution < 1.29 is 9.53 Å². The van der Waals surface area contributed by atoms with Gasteiger partial charge in [-0.25, -0.2) is 4.98 Å². The van der Waals surface area contributed by atoms with Gasteiger partial charge in [0.2, 0.25) is 11.0 Å². The number of thioether (sulfide) groups is 1. The average Bonchev–Trinajstić information content (AvgIpc) is 3.31. The van der Waals surface area contributed by atoms with Crippen LogP contribution in [0.15, 0.2) is 28.6 Å². The topological polar surface area (TPSA) is 80.2 Å². The first-order valence-corrected chi connectivity index (χ1v) is 11.0. The van der Waals surface area contributed by atoms with Gasteiger partial charge in [-0.3, -0.25) is 4.79 Å². The summed E-state index contributed by atoms with van der Waals surface area (Å²) in [6.45, 7) is 3.29. The number of para-hydroxylation sites is 1. The van der Waals surface area contributed by atoms with Crippen molar-refractivity contribution in [3.63, 3.8) is 0 Å². The summed E-state index contributed by atoms with van der Waals surface area (Å²) in [5, 5.41) is 13.0. The lowest BCUT2D eigenvalue weighted by Gasteiger charge is -2.22. The maximum atomic E-state index is 12.6. The Hall–Kier alpha value is -1.75. The predicted molar refractivity (Wildman–Crippen MR) is 112 cm³/mol. The number of amides is 1. The molecular formula is C17H21N5O2S3. The van der Waals surface area contributed by atoms with Gasteiger partial charge in [-0.1, -0.05) is 35.2 Å². The molecule has 1 aromatic carbocycles. The van der Waals surface area contributed by atoms with Crippen LogP contribution in [-0.2, 0) is 9.53 Å². The highest BCUT2D eigenvalue weighted by molar-refractivity contribution is 8.01. The van der Waals surface area contributed by atoms with E-state index in [1.54, 1.807) is 23.3 Å². The van der Waals surface area contributed by atoms with Crippen LogP contribution >= 0.6 is 34.4 Å². The number of fused-ring (bicyclic) bond motifs is 1. The summed E-state index contributed by atoms with van der Waals surface area (Å²) in [4.78, 5) is 19.0. The molecule has 7 nitrogen and oxygen atoms in total. The molecule has 0 aliphatic carbocycles. The van der Waals surface area contributed by atoms with Crippen molar-refractivity contribution in [1.82, 2.24) is 20.1 Å². The Morgan fingerprint density at radius 2 is 2.15 bits per heavy atom. The number of hydrogen-bond donors (Lipinski definition) is 1. The molecular weight excluding hydrogens is 402 g/mol. The molecule has 1 atom stereocenters. The van der Waals surface area contributed by atoms with Crippen molar-refractivity contribution in [2.75, 3.05) is 38.4 Å². The molecule has 2 aromatic heterocycles. The normalized spacial score (nSPS) is 12.3. The zero-order valence-corrected chi connectivity index (χ0v) is 17.8. The molecule has 0 aliphatic rings. The van der Waals surface area contributed by atoms with Crippen LogP contribution in [0.5, 0.6) is 0 Å². The van der Waals surface area contributed by atoms with Crippen molar-refractivity contribution in [3.8, 4) is 0 Å². The van der Waals surface area contributed by atoms with Gasteiger partial charge < -0.3 is 15.0 Å². The van der Waals surface area contributed by atoms with E-state index in [2.05, 4.69) is 26.6 Å². The highest BCUT2D eigenvalue weighted by Crippen LogP contribution is 2.30. The molecule has 1 amide bonds. The highest BCUT2D eigenvalue weighted by Gasteiger charge is 2.21. The molecule has 0 bridgehead atoms. The number of nitrogens with zero attached hydrogens (tertiary/aromatic N) is 4. The van der Waals surface area contributed by atoms with E-state index in [9.17, 15) is 4.79 Å².